The van der Waals surface area contributed by atoms with E-state index in [0.717, 1.165) is 17.5 Å². The molecule has 3 rings (SSSR count). The van der Waals surface area contributed by atoms with Crippen molar-refractivity contribution >= 4 is 39.0 Å². The maximum atomic E-state index is 12.5. The second kappa shape index (κ2) is 7.70. The fourth-order valence-corrected chi connectivity index (χ4v) is 3.75. The van der Waals surface area contributed by atoms with Crippen LogP contribution in [0.3, 0.4) is 0 Å². The van der Waals surface area contributed by atoms with E-state index in [9.17, 15) is 8.42 Å². The van der Waals surface area contributed by atoms with Crippen molar-refractivity contribution < 1.29 is 8.42 Å². The normalized spacial score (nSPS) is 11.5. The Morgan fingerprint density at radius 3 is 2.35 bits per heavy atom. The summed E-state index contributed by atoms with van der Waals surface area (Å²) in [5, 5.41) is 5.20. The van der Waals surface area contributed by atoms with Crippen LogP contribution in [0.5, 0.6) is 0 Å². The van der Waals surface area contributed by atoms with Crippen molar-refractivity contribution in [2.24, 2.45) is 0 Å². The first-order valence-corrected chi connectivity index (χ1v) is 10.2. The molecule has 1 heterocycles. The van der Waals surface area contributed by atoms with Gasteiger partial charge in [0.1, 0.15) is 0 Å². The van der Waals surface area contributed by atoms with Gasteiger partial charge in [0.15, 0.2) is 5.82 Å². The van der Waals surface area contributed by atoms with Crippen LogP contribution in [0.2, 0.25) is 10.0 Å². The molecule has 3 aromatic rings. The number of sulfonamides is 1. The Balaban J connectivity index is 1.73. The van der Waals surface area contributed by atoms with Gasteiger partial charge in [0.25, 0.3) is 10.0 Å². The SMILES string of the molecule is CCc1ccc(S(=O)(=O)Nc2ccn(Cc3ccc(Cl)c(Cl)c3)n2)cc1. The van der Waals surface area contributed by atoms with Crippen molar-refractivity contribution in [3.8, 4) is 0 Å². The van der Waals surface area contributed by atoms with Crippen LogP contribution in [0.4, 0.5) is 5.82 Å². The smallest absolute Gasteiger partial charge is 0.263 e. The first-order valence-electron chi connectivity index (χ1n) is 7.96. The van der Waals surface area contributed by atoms with Gasteiger partial charge in [0.2, 0.25) is 0 Å². The monoisotopic (exact) mass is 409 g/mol. The van der Waals surface area contributed by atoms with Crippen LogP contribution < -0.4 is 4.72 Å². The number of halogens is 2. The van der Waals surface area contributed by atoms with Gasteiger partial charge < -0.3 is 0 Å². The summed E-state index contributed by atoms with van der Waals surface area (Å²) in [6.45, 7) is 2.46. The number of benzene rings is 2. The van der Waals surface area contributed by atoms with Gasteiger partial charge in [-0.05, 0) is 41.8 Å². The molecule has 0 aliphatic carbocycles. The van der Waals surface area contributed by atoms with Crippen molar-refractivity contribution in [1.29, 1.82) is 0 Å². The molecule has 0 amide bonds. The van der Waals surface area contributed by atoms with E-state index in [1.54, 1.807) is 53.3 Å². The Kier molecular flexibility index (Phi) is 5.55. The van der Waals surface area contributed by atoms with Crippen LogP contribution in [0, 0.1) is 0 Å². The zero-order valence-corrected chi connectivity index (χ0v) is 16.3. The molecule has 1 N–H and O–H groups in total. The van der Waals surface area contributed by atoms with Gasteiger partial charge in [-0.25, -0.2) is 8.42 Å². The maximum Gasteiger partial charge on any atom is 0.263 e. The van der Waals surface area contributed by atoms with Crippen molar-refractivity contribution in [3.05, 3.63) is 75.9 Å². The van der Waals surface area contributed by atoms with Crippen LogP contribution in [-0.4, -0.2) is 18.2 Å². The molecule has 0 atom stereocenters. The summed E-state index contributed by atoms with van der Waals surface area (Å²) in [7, 11) is -3.67. The van der Waals surface area contributed by atoms with E-state index >= 15 is 0 Å². The highest BCUT2D eigenvalue weighted by molar-refractivity contribution is 7.92. The molecular formula is C18H17Cl2N3O2S. The summed E-state index contributed by atoms with van der Waals surface area (Å²) in [4.78, 5) is 0.203. The van der Waals surface area contributed by atoms with E-state index in [1.807, 2.05) is 13.0 Å². The predicted molar refractivity (Wildman–Crippen MR) is 104 cm³/mol. The van der Waals surface area contributed by atoms with E-state index in [2.05, 4.69) is 9.82 Å². The van der Waals surface area contributed by atoms with Crippen molar-refractivity contribution in [2.45, 2.75) is 24.8 Å². The van der Waals surface area contributed by atoms with E-state index in [1.165, 1.54) is 0 Å². The second-order valence-electron chi connectivity index (χ2n) is 5.75. The molecule has 0 fully saturated rings. The van der Waals surface area contributed by atoms with Gasteiger partial charge in [-0.1, -0.05) is 48.3 Å². The molecular weight excluding hydrogens is 393 g/mol. The summed E-state index contributed by atoms with van der Waals surface area (Å²) >= 11 is 11.9. The molecule has 5 nitrogen and oxygen atoms in total. The Hall–Kier alpha value is -2.02. The average molecular weight is 410 g/mol. The average Bonchev–Trinajstić information content (AvgIpc) is 3.04. The third kappa shape index (κ3) is 4.38. The molecule has 0 saturated carbocycles. The highest BCUT2D eigenvalue weighted by Gasteiger charge is 2.15. The molecule has 0 radical (unpaired) electrons. The van der Waals surface area contributed by atoms with E-state index in [-0.39, 0.29) is 10.7 Å². The van der Waals surface area contributed by atoms with Gasteiger partial charge in [-0.3, -0.25) is 9.40 Å². The lowest BCUT2D eigenvalue weighted by Gasteiger charge is -2.07. The first-order chi connectivity index (χ1) is 12.4. The number of aryl methyl sites for hydroxylation is 1. The van der Waals surface area contributed by atoms with Crippen LogP contribution in [0.1, 0.15) is 18.1 Å². The van der Waals surface area contributed by atoms with Crippen molar-refractivity contribution in [3.63, 3.8) is 0 Å². The lowest BCUT2D eigenvalue weighted by molar-refractivity contribution is 0.600. The molecule has 1 aromatic heterocycles. The van der Waals surface area contributed by atoms with Crippen LogP contribution in [0.15, 0.2) is 59.6 Å². The molecule has 8 heteroatoms. The number of nitrogens with zero attached hydrogens (tertiary/aromatic N) is 2. The summed E-state index contributed by atoms with van der Waals surface area (Å²) in [6, 6.07) is 13.7. The summed E-state index contributed by atoms with van der Waals surface area (Å²) in [6.07, 6.45) is 2.55. The van der Waals surface area contributed by atoms with Crippen LogP contribution >= 0.6 is 23.2 Å². The third-order valence-corrected chi connectivity index (χ3v) is 5.96. The minimum Gasteiger partial charge on any atom is -0.266 e. The molecule has 26 heavy (non-hydrogen) atoms. The Labute approximate surface area is 162 Å². The first kappa shape index (κ1) is 18.8. The largest absolute Gasteiger partial charge is 0.266 e. The Morgan fingerprint density at radius 1 is 1.00 bits per heavy atom. The number of hydrogen-bond donors (Lipinski definition) is 1. The number of hydrogen-bond acceptors (Lipinski definition) is 3. The number of aromatic nitrogens is 2. The zero-order chi connectivity index (χ0) is 18.7. The molecule has 0 aliphatic heterocycles. The number of rotatable bonds is 6. The zero-order valence-electron chi connectivity index (χ0n) is 14.0. The summed E-state index contributed by atoms with van der Waals surface area (Å²) in [5.41, 5.74) is 1.99. The van der Waals surface area contributed by atoms with E-state index in [4.69, 9.17) is 23.2 Å². The lowest BCUT2D eigenvalue weighted by atomic mass is 10.2. The van der Waals surface area contributed by atoms with Gasteiger partial charge >= 0.3 is 0 Å². The Morgan fingerprint density at radius 2 is 1.69 bits per heavy atom. The van der Waals surface area contributed by atoms with Crippen molar-refractivity contribution in [1.82, 2.24) is 9.78 Å². The molecule has 2 aromatic carbocycles. The highest BCUT2D eigenvalue weighted by Crippen LogP contribution is 2.23. The minimum atomic E-state index is -3.67. The van der Waals surface area contributed by atoms with E-state index < -0.39 is 10.0 Å². The Bertz CT molecular complexity index is 1020. The van der Waals surface area contributed by atoms with E-state index in [0.29, 0.717) is 16.6 Å². The molecule has 0 aliphatic rings. The quantitative estimate of drug-likeness (QED) is 0.646. The van der Waals surface area contributed by atoms with Gasteiger partial charge in [-0.2, -0.15) is 5.10 Å². The van der Waals surface area contributed by atoms with Gasteiger partial charge in [0, 0.05) is 12.3 Å². The highest BCUT2D eigenvalue weighted by atomic mass is 35.5. The number of anilines is 1. The topological polar surface area (TPSA) is 64.0 Å². The van der Waals surface area contributed by atoms with Crippen LogP contribution in [-0.2, 0) is 23.0 Å². The predicted octanol–water partition coefficient (Wildman–Crippen LogP) is 4.60. The lowest BCUT2D eigenvalue weighted by Crippen LogP contribution is -2.14. The third-order valence-electron chi connectivity index (χ3n) is 3.85. The molecule has 0 saturated heterocycles. The standard InChI is InChI=1S/C18H17Cl2N3O2S/c1-2-13-3-6-15(7-4-13)26(24,25)22-18-9-10-23(21-18)12-14-5-8-16(19)17(20)11-14/h3-11H,2,12H2,1H3,(H,21,22). The minimum absolute atomic E-state index is 0.203. The molecule has 136 valence electrons. The summed E-state index contributed by atoms with van der Waals surface area (Å²) in [5.74, 6) is 0.254. The fourth-order valence-electron chi connectivity index (χ4n) is 2.43. The molecule has 0 spiro atoms. The summed E-state index contributed by atoms with van der Waals surface area (Å²) < 4.78 is 29.0. The van der Waals surface area contributed by atoms with Gasteiger partial charge in [-0.15, -0.1) is 0 Å². The molecule has 0 unspecified atom stereocenters. The van der Waals surface area contributed by atoms with Gasteiger partial charge in [0.05, 0.1) is 21.5 Å². The van der Waals surface area contributed by atoms with Crippen molar-refractivity contribution in [2.75, 3.05) is 4.72 Å². The maximum absolute atomic E-state index is 12.5. The second-order valence-corrected chi connectivity index (χ2v) is 8.25. The molecule has 0 bridgehead atoms. The fraction of sp³-hybridized carbons (Fsp3) is 0.167. The number of nitrogens with one attached hydrogen (secondary N) is 1. The van der Waals surface area contributed by atoms with Crippen LogP contribution in [0.25, 0.3) is 0 Å².